The van der Waals surface area contributed by atoms with Gasteiger partial charge in [0.2, 0.25) is 5.91 Å². The van der Waals surface area contributed by atoms with Crippen molar-refractivity contribution < 1.29 is 18.7 Å². The molecule has 0 saturated heterocycles. The minimum absolute atomic E-state index is 0.0900. The number of carbonyl (C=O) groups excluding carboxylic acids is 2. The number of rotatable bonds is 6. The van der Waals surface area contributed by atoms with Gasteiger partial charge in [-0.3, -0.25) is 9.59 Å². The first-order valence-corrected chi connectivity index (χ1v) is 10.2. The molecule has 0 aromatic heterocycles. The van der Waals surface area contributed by atoms with E-state index in [1.165, 1.54) is 16.5 Å². The van der Waals surface area contributed by atoms with Gasteiger partial charge in [-0.05, 0) is 43.2 Å². The Hall–Kier alpha value is -3.67. The monoisotopic (exact) mass is 418 g/mol. The molecular weight excluding hydrogens is 395 g/mol. The Kier molecular flexibility index (Phi) is 5.98. The number of nitrogens with zero attached hydrogens (tertiary/aromatic N) is 1. The van der Waals surface area contributed by atoms with Gasteiger partial charge in [0.15, 0.2) is 6.61 Å². The van der Waals surface area contributed by atoms with Crippen LogP contribution in [0.25, 0.3) is 0 Å². The average Bonchev–Trinajstić information content (AvgIpc) is 2.77. The molecule has 5 nitrogen and oxygen atoms in total. The van der Waals surface area contributed by atoms with Crippen LogP contribution in [-0.4, -0.2) is 18.4 Å². The molecule has 0 unspecified atom stereocenters. The van der Waals surface area contributed by atoms with Crippen molar-refractivity contribution in [1.82, 2.24) is 0 Å². The van der Waals surface area contributed by atoms with Gasteiger partial charge >= 0.3 is 0 Å². The van der Waals surface area contributed by atoms with Crippen LogP contribution in [0.15, 0.2) is 66.7 Å². The summed E-state index contributed by atoms with van der Waals surface area (Å²) in [5.74, 6) is -0.236. The number of carbonyl (C=O) groups is 2. The highest BCUT2D eigenvalue weighted by molar-refractivity contribution is 5.99. The summed E-state index contributed by atoms with van der Waals surface area (Å²) in [7, 11) is 0. The molecule has 1 aliphatic rings. The smallest absolute Gasteiger partial charge is 0.265 e. The van der Waals surface area contributed by atoms with Crippen molar-refractivity contribution in [2.45, 2.75) is 26.3 Å². The minimum Gasteiger partial charge on any atom is -0.482 e. The molecule has 0 aliphatic carbocycles. The van der Waals surface area contributed by atoms with Crippen LogP contribution in [0, 0.1) is 12.7 Å². The molecule has 0 fully saturated rings. The second-order valence-corrected chi connectivity index (χ2v) is 7.58. The van der Waals surface area contributed by atoms with Crippen LogP contribution in [0.3, 0.4) is 0 Å². The Morgan fingerprint density at radius 1 is 1.10 bits per heavy atom. The van der Waals surface area contributed by atoms with E-state index in [0.717, 1.165) is 5.56 Å². The van der Waals surface area contributed by atoms with Crippen molar-refractivity contribution in [2.75, 3.05) is 16.8 Å². The average molecular weight is 418 g/mol. The van der Waals surface area contributed by atoms with E-state index in [4.69, 9.17) is 4.74 Å². The fraction of sp³-hybridized carbons (Fsp3) is 0.200. The number of nitrogens with one attached hydrogen (secondary N) is 1. The lowest BCUT2D eigenvalue weighted by molar-refractivity contribution is -0.121. The van der Waals surface area contributed by atoms with Gasteiger partial charge in [-0.2, -0.15) is 0 Å². The molecule has 4 rings (SSSR count). The van der Waals surface area contributed by atoms with Gasteiger partial charge in [-0.25, -0.2) is 4.39 Å². The molecule has 3 aromatic carbocycles. The second kappa shape index (κ2) is 9.00. The zero-order chi connectivity index (χ0) is 21.8. The lowest BCUT2D eigenvalue weighted by atomic mass is 10.1. The molecule has 1 heterocycles. The normalized spacial score (nSPS) is 12.8. The van der Waals surface area contributed by atoms with E-state index >= 15 is 0 Å². The Labute approximate surface area is 180 Å². The highest BCUT2D eigenvalue weighted by Gasteiger charge is 2.27. The van der Waals surface area contributed by atoms with Crippen LogP contribution in [0.2, 0.25) is 0 Å². The number of anilines is 2. The van der Waals surface area contributed by atoms with Crippen molar-refractivity contribution in [3.05, 3.63) is 89.2 Å². The molecule has 3 aromatic rings. The largest absolute Gasteiger partial charge is 0.482 e. The third kappa shape index (κ3) is 4.91. The lowest BCUT2D eigenvalue weighted by Gasteiger charge is -2.30. The van der Waals surface area contributed by atoms with E-state index in [2.05, 4.69) is 5.32 Å². The third-order valence-corrected chi connectivity index (χ3v) is 5.23. The van der Waals surface area contributed by atoms with E-state index in [1.807, 2.05) is 31.2 Å². The first-order chi connectivity index (χ1) is 15.0. The molecule has 2 amide bonds. The topological polar surface area (TPSA) is 58.6 Å². The Bertz CT molecular complexity index is 1110. The predicted molar refractivity (Wildman–Crippen MR) is 118 cm³/mol. The highest BCUT2D eigenvalue weighted by Crippen LogP contribution is 2.35. The van der Waals surface area contributed by atoms with E-state index in [1.54, 1.807) is 36.4 Å². The predicted octanol–water partition coefficient (Wildman–Crippen LogP) is 4.63. The van der Waals surface area contributed by atoms with E-state index < -0.39 is 0 Å². The maximum absolute atomic E-state index is 14.1. The Morgan fingerprint density at radius 2 is 1.87 bits per heavy atom. The van der Waals surface area contributed by atoms with Gasteiger partial charge in [0.1, 0.15) is 11.6 Å². The standard InChI is InChI=1S/C25H23FN2O3/c1-17-6-8-18(9-7-17)10-13-24(29)27-20-11-12-23-22(14-20)28(25(30)16-31-23)15-19-4-2-3-5-21(19)26/h2-9,11-12,14H,10,13,15-16H2,1H3,(H,27,29). The molecule has 0 spiro atoms. The van der Waals surface area contributed by atoms with Crippen molar-refractivity contribution in [3.8, 4) is 5.75 Å². The van der Waals surface area contributed by atoms with E-state index in [0.29, 0.717) is 35.5 Å². The molecule has 1 N–H and O–H groups in total. The van der Waals surface area contributed by atoms with Gasteiger partial charge in [-0.15, -0.1) is 0 Å². The number of benzene rings is 3. The first kappa shape index (κ1) is 20.6. The Morgan fingerprint density at radius 3 is 2.65 bits per heavy atom. The molecule has 0 bridgehead atoms. The van der Waals surface area contributed by atoms with Crippen LogP contribution < -0.4 is 15.0 Å². The summed E-state index contributed by atoms with van der Waals surface area (Å²) in [6.07, 6.45) is 0.979. The van der Waals surface area contributed by atoms with Gasteiger partial charge in [0.25, 0.3) is 5.91 Å². The summed E-state index contributed by atoms with van der Waals surface area (Å²) in [5.41, 5.74) is 3.76. The van der Waals surface area contributed by atoms with E-state index in [9.17, 15) is 14.0 Å². The van der Waals surface area contributed by atoms with Crippen LogP contribution in [-0.2, 0) is 22.6 Å². The number of aryl methyl sites for hydroxylation is 2. The summed E-state index contributed by atoms with van der Waals surface area (Å²) < 4.78 is 19.6. The van der Waals surface area contributed by atoms with Crippen LogP contribution >= 0.6 is 0 Å². The molecule has 1 aliphatic heterocycles. The van der Waals surface area contributed by atoms with Gasteiger partial charge in [0.05, 0.1) is 12.2 Å². The summed E-state index contributed by atoms with van der Waals surface area (Å²) >= 11 is 0. The van der Waals surface area contributed by atoms with Crippen LogP contribution in [0.5, 0.6) is 5.75 Å². The van der Waals surface area contributed by atoms with Gasteiger partial charge < -0.3 is 15.0 Å². The number of halogens is 1. The molecule has 31 heavy (non-hydrogen) atoms. The maximum Gasteiger partial charge on any atom is 0.265 e. The fourth-order valence-corrected chi connectivity index (χ4v) is 3.49. The quantitative estimate of drug-likeness (QED) is 0.635. The number of fused-ring (bicyclic) bond motifs is 1. The molecule has 0 saturated carbocycles. The van der Waals surface area contributed by atoms with Gasteiger partial charge in [-0.1, -0.05) is 48.0 Å². The van der Waals surface area contributed by atoms with Crippen LogP contribution in [0.4, 0.5) is 15.8 Å². The maximum atomic E-state index is 14.1. The summed E-state index contributed by atoms with van der Waals surface area (Å²) in [5, 5.41) is 2.88. The van der Waals surface area contributed by atoms with Crippen molar-refractivity contribution in [3.63, 3.8) is 0 Å². The molecule has 0 atom stereocenters. The summed E-state index contributed by atoms with van der Waals surface area (Å²) in [6.45, 7) is 2.01. The minimum atomic E-state index is -0.371. The van der Waals surface area contributed by atoms with Crippen molar-refractivity contribution >= 4 is 23.2 Å². The van der Waals surface area contributed by atoms with Crippen molar-refractivity contribution in [2.24, 2.45) is 0 Å². The zero-order valence-electron chi connectivity index (χ0n) is 17.2. The Balaban J connectivity index is 1.47. The molecule has 6 heteroatoms. The highest BCUT2D eigenvalue weighted by atomic mass is 19.1. The van der Waals surface area contributed by atoms with E-state index in [-0.39, 0.29) is 30.8 Å². The van der Waals surface area contributed by atoms with Crippen molar-refractivity contribution in [1.29, 1.82) is 0 Å². The molecular formula is C25H23FN2O3. The fourth-order valence-electron chi connectivity index (χ4n) is 3.49. The lowest BCUT2D eigenvalue weighted by Crippen LogP contribution is -2.38. The van der Waals surface area contributed by atoms with Crippen LogP contribution in [0.1, 0.15) is 23.1 Å². The van der Waals surface area contributed by atoms with Gasteiger partial charge in [0, 0.05) is 17.7 Å². The molecule has 158 valence electrons. The SMILES string of the molecule is Cc1ccc(CCC(=O)Nc2ccc3c(c2)N(Cc2ccccc2F)C(=O)CO3)cc1. The first-order valence-electron chi connectivity index (χ1n) is 10.2. The summed E-state index contributed by atoms with van der Waals surface area (Å²) in [4.78, 5) is 26.4. The second-order valence-electron chi connectivity index (χ2n) is 7.58. The molecule has 0 radical (unpaired) electrons. The number of hydrogen-bond acceptors (Lipinski definition) is 3. The third-order valence-electron chi connectivity index (χ3n) is 5.23. The zero-order valence-corrected chi connectivity index (χ0v) is 17.2. The number of hydrogen-bond donors (Lipinski definition) is 1. The summed E-state index contributed by atoms with van der Waals surface area (Å²) in [6, 6.07) is 19.6. The number of amides is 2. The number of ether oxygens (including phenoxy) is 1.